The highest BCUT2D eigenvalue weighted by Crippen LogP contribution is 2.25. The van der Waals surface area contributed by atoms with Crippen molar-refractivity contribution in [1.82, 2.24) is 9.97 Å². The van der Waals surface area contributed by atoms with Crippen LogP contribution in [0.25, 0.3) is 10.8 Å². The molecule has 0 aliphatic heterocycles. The lowest BCUT2D eigenvalue weighted by Crippen LogP contribution is -2.11. The second-order valence-electron chi connectivity index (χ2n) is 4.32. The minimum Gasteiger partial charge on any atom is -0.375 e. The van der Waals surface area contributed by atoms with Crippen molar-refractivity contribution in [3.05, 3.63) is 47.2 Å². The van der Waals surface area contributed by atoms with Gasteiger partial charge in [-0.3, -0.25) is 9.78 Å². The lowest BCUT2D eigenvalue weighted by atomic mass is 10.1. The molecule has 3 N–H and O–H groups in total. The number of anilines is 2. The fourth-order valence-corrected chi connectivity index (χ4v) is 2.77. The molecule has 3 rings (SSSR count). The first-order valence-electron chi connectivity index (χ1n) is 6.02. The summed E-state index contributed by atoms with van der Waals surface area (Å²) in [6.45, 7) is 1.77. The lowest BCUT2D eigenvalue weighted by molar-refractivity contribution is 0.103. The number of hydrogen-bond acceptors (Lipinski definition) is 5. The van der Waals surface area contributed by atoms with E-state index in [0.29, 0.717) is 15.7 Å². The van der Waals surface area contributed by atoms with Gasteiger partial charge in [0.15, 0.2) is 5.13 Å². The van der Waals surface area contributed by atoms with Gasteiger partial charge in [-0.2, -0.15) is 0 Å². The van der Waals surface area contributed by atoms with Crippen LogP contribution in [0.5, 0.6) is 0 Å². The number of thiazole rings is 1. The first-order valence-corrected chi connectivity index (χ1v) is 6.84. The molecular formula is C14H12N4OS. The van der Waals surface area contributed by atoms with Gasteiger partial charge in [0.05, 0.1) is 5.69 Å². The summed E-state index contributed by atoms with van der Waals surface area (Å²) < 4.78 is 0. The molecule has 0 aliphatic carbocycles. The molecule has 20 heavy (non-hydrogen) atoms. The molecule has 2 heterocycles. The predicted octanol–water partition coefficient (Wildman–Crippen LogP) is 2.83. The summed E-state index contributed by atoms with van der Waals surface area (Å²) in [7, 11) is 0. The van der Waals surface area contributed by atoms with E-state index in [1.807, 2.05) is 24.3 Å². The van der Waals surface area contributed by atoms with Gasteiger partial charge in [-0.15, -0.1) is 0 Å². The van der Waals surface area contributed by atoms with Crippen LogP contribution in [-0.4, -0.2) is 15.9 Å². The number of carbonyl (C=O) groups excluding carboxylic acids is 1. The Morgan fingerprint density at radius 2 is 2.20 bits per heavy atom. The summed E-state index contributed by atoms with van der Waals surface area (Å²) >= 11 is 1.19. The molecule has 0 saturated heterocycles. The number of hydrogen-bond donors (Lipinski definition) is 2. The second kappa shape index (κ2) is 4.90. The first-order chi connectivity index (χ1) is 9.65. The van der Waals surface area contributed by atoms with Gasteiger partial charge >= 0.3 is 0 Å². The summed E-state index contributed by atoms with van der Waals surface area (Å²) in [5.74, 6) is -0.194. The molecule has 0 atom stereocenters. The van der Waals surface area contributed by atoms with Crippen LogP contribution in [0.2, 0.25) is 0 Å². The van der Waals surface area contributed by atoms with Gasteiger partial charge in [0.25, 0.3) is 5.91 Å². The molecule has 6 heteroatoms. The molecule has 0 bridgehead atoms. The molecule has 0 spiro atoms. The van der Waals surface area contributed by atoms with Gasteiger partial charge in [0.2, 0.25) is 0 Å². The summed E-state index contributed by atoms with van der Waals surface area (Å²) in [4.78, 5) is 20.9. The van der Waals surface area contributed by atoms with Gasteiger partial charge in [-0.25, -0.2) is 4.98 Å². The SMILES string of the molecule is Cc1nc(N)sc1C(=O)Nc1cccc2cnccc12. The van der Waals surface area contributed by atoms with Crippen molar-refractivity contribution in [2.24, 2.45) is 0 Å². The van der Waals surface area contributed by atoms with Crippen LogP contribution in [0.4, 0.5) is 10.8 Å². The minimum atomic E-state index is -0.194. The Bertz CT molecular complexity index is 791. The third-order valence-electron chi connectivity index (χ3n) is 2.95. The monoisotopic (exact) mass is 284 g/mol. The van der Waals surface area contributed by atoms with E-state index < -0.39 is 0 Å². The quantitative estimate of drug-likeness (QED) is 0.758. The number of amides is 1. The average molecular weight is 284 g/mol. The summed E-state index contributed by atoms with van der Waals surface area (Å²) in [6.07, 6.45) is 3.47. The van der Waals surface area contributed by atoms with Crippen LogP contribution in [0.15, 0.2) is 36.7 Å². The molecular weight excluding hydrogens is 272 g/mol. The minimum absolute atomic E-state index is 0.194. The zero-order valence-corrected chi connectivity index (χ0v) is 11.6. The number of aromatic nitrogens is 2. The van der Waals surface area contributed by atoms with Crippen LogP contribution in [0, 0.1) is 6.92 Å². The molecule has 0 fully saturated rings. The summed E-state index contributed by atoms with van der Waals surface area (Å²) in [5.41, 5.74) is 7.02. The third kappa shape index (κ3) is 2.21. The van der Waals surface area contributed by atoms with Gasteiger partial charge in [-0.1, -0.05) is 23.5 Å². The van der Waals surface area contributed by atoms with Gasteiger partial charge in [0, 0.05) is 28.9 Å². The van der Waals surface area contributed by atoms with Gasteiger partial charge < -0.3 is 11.1 Å². The largest absolute Gasteiger partial charge is 0.375 e. The maximum Gasteiger partial charge on any atom is 0.267 e. The molecule has 2 aromatic heterocycles. The smallest absolute Gasteiger partial charge is 0.267 e. The number of nitrogen functional groups attached to an aromatic ring is 1. The van der Waals surface area contributed by atoms with Crippen molar-refractivity contribution in [2.45, 2.75) is 6.92 Å². The van der Waals surface area contributed by atoms with Crippen molar-refractivity contribution >= 4 is 38.8 Å². The number of nitrogens with one attached hydrogen (secondary N) is 1. The van der Waals surface area contributed by atoms with Gasteiger partial charge in [-0.05, 0) is 19.1 Å². The van der Waals surface area contributed by atoms with Crippen molar-refractivity contribution < 1.29 is 4.79 Å². The van der Waals surface area contributed by atoms with E-state index >= 15 is 0 Å². The normalized spacial score (nSPS) is 10.7. The zero-order valence-electron chi connectivity index (χ0n) is 10.8. The fraction of sp³-hybridized carbons (Fsp3) is 0.0714. The molecule has 1 aromatic carbocycles. The zero-order chi connectivity index (χ0) is 14.1. The predicted molar refractivity (Wildman–Crippen MR) is 81.0 cm³/mol. The molecule has 100 valence electrons. The number of aryl methyl sites for hydroxylation is 1. The Labute approximate surface area is 119 Å². The summed E-state index contributed by atoms with van der Waals surface area (Å²) in [6, 6.07) is 7.57. The number of rotatable bonds is 2. The molecule has 0 radical (unpaired) electrons. The number of nitrogens with zero attached hydrogens (tertiary/aromatic N) is 2. The Hall–Kier alpha value is -2.47. The van der Waals surface area contributed by atoms with Crippen molar-refractivity contribution in [3.63, 3.8) is 0 Å². The fourth-order valence-electron chi connectivity index (χ4n) is 2.04. The number of nitrogens with two attached hydrogens (primary N) is 1. The van der Waals surface area contributed by atoms with Crippen molar-refractivity contribution in [1.29, 1.82) is 0 Å². The van der Waals surface area contributed by atoms with E-state index in [1.54, 1.807) is 19.3 Å². The van der Waals surface area contributed by atoms with Crippen molar-refractivity contribution in [3.8, 4) is 0 Å². The number of carbonyl (C=O) groups is 1. The maximum atomic E-state index is 12.3. The molecule has 0 aliphatic rings. The lowest BCUT2D eigenvalue weighted by Gasteiger charge is -2.07. The number of pyridine rings is 1. The van der Waals surface area contributed by atoms with Crippen molar-refractivity contribution in [2.75, 3.05) is 11.1 Å². The Morgan fingerprint density at radius 1 is 1.35 bits per heavy atom. The van der Waals surface area contributed by atoms with E-state index in [4.69, 9.17) is 5.73 Å². The van der Waals surface area contributed by atoms with Gasteiger partial charge in [0.1, 0.15) is 4.88 Å². The van der Waals surface area contributed by atoms with E-state index in [-0.39, 0.29) is 5.91 Å². The van der Waals surface area contributed by atoms with Crippen LogP contribution < -0.4 is 11.1 Å². The van der Waals surface area contributed by atoms with E-state index in [0.717, 1.165) is 16.5 Å². The van der Waals surface area contributed by atoms with E-state index in [2.05, 4.69) is 15.3 Å². The second-order valence-corrected chi connectivity index (χ2v) is 5.35. The highest BCUT2D eigenvalue weighted by Gasteiger charge is 2.15. The van der Waals surface area contributed by atoms with Crippen LogP contribution in [0.3, 0.4) is 0 Å². The topological polar surface area (TPSA) is 80.9 Å². The average Bonchev–Trinajstić information content (AvgIpc) is 2.78. The first kappa shape index (κ1) is 12.6. The molecule has 0 unspecified atom stereocenters. The van der Waals surface area contributed by atoms with E-state index in [9.17, 15) is 4.79 Å². The van der Waals surface area contributed by atoms with E-state index in [1.165, 1.54) is 11.3 Å². The highest BCUT2D eigenvalue weighted by atomic mass is 32.1. The van der Waals surface area contributed by atoms with Crippen LogP contribution in [-0.2, 0) is 0 Å². The molecule has 5 nitrogen and oxygen atoms in total. The van der Waals surface area contributed by atoms with Crippen LogP contribution in [0.1, 0.15) is 15.4 Å². The summed E-state index contributed by atoms with van der Waals surface area (Å²) in [5, 5.41) is 5.23. The standard InChI is InChI=1S/C14H12N4OS/c1-8-12(20-14(15)17-8)13(19)18-11-4-2-3-9-7-16-6-5-10(9)11/h2-7H,1H3,(H2,15,17)(H,18,19). The maximum absolute atomic E-state index is 12.3. The van der Waals surface area contributed by atoms with Crippen LogP contribution >= 0.6 is 11.3 Å². The third-order valence-corrected chi connectivity index (χ3v) is 3.93. The Morgan fingerprint density at radius 3 is 2.95 bits per heavy atom. The Kier molecular flexibility index (Phi) is 3.08. The molecule has 0 saturated carbocycles. The number of benzene rings is 1. The highest BCUT2D eigenvalue weighted by molar-refractivity contribution is 7.17. The number of fused-ring (bicyclic) bond motifs is 1. The molecule has 1 amide bonds. The Balaban J connectivity index is 1.97. The molecule has 3 aromatic rings.